The molecule has 1 saturated heterocycles. The van der Waals surface area contributed by atoms with E-state index in [-0.39, 0.29) is 0 Å². The third-order valence-electron chi connectivity index (χ3n) is 4.61. The summed E-state index contributed by atoms with van der Waals surface area (Å²) in [5, 5.41) is 0. The molecule has 0 aromatic carbocycles. The Labute approximate surface area is 85.4 Å². The predicted octanol–water partition coefficient (Wildman–Crippen LogP) is 2.20. The molecule has 1 heterocycles. The lowest BCUT2D eigenvalue weighted by atomic mass is 9.82. The minimum Gasteiger partial charge on any atom is -0.302 e. The lowest BCUT2D eigenvalue weighted by Crippen LogP contribution is -2.24. The summed E-state index contributed by atoms with van der Waals surface area (Å²) in [6, 6.07) is 0. The zero-order valence-corrected chi connectivity index (χ0v) is 8.84. The molecule has 1 aliphatic heterocycles. The number of nitrogens with zero attached hydrogens (tertiary/aromatic N) is 1. The minimum atomic E-state index is 0.814. The molecule has 0 unspecified atom stereocenters. The van der Waals surface area contributed by atoms with Gasteiger partial charge in [0.15, 0.2) is 0 Å². The number of hydrogen-bond donors (Lipinski definition) is 0. The number of alkyl halides is 1. The zero-order valence-electron chi connectivity index (χ0n) is 8.08. The molecular formula is C11H18ClN. The molecule has 74 valence electrons. The van der Waals surface area contributed by atoms with Crippen LogP contribution < -0.4 is 0 Å². The number of fused-ring (bicyclic) bond motifs is 5. The van der Waals surface area contributed by atoms with Crippen LogP contribution in [0.1, 0.15) is 19.3 Å². The van der Waals surface area contributed by atoms with Crippen molar-refractivity contribution >= 4 is 11.6 Å². The minimum absolute atomic E-state index is 0.814. The fraction of sp³-hybridized carbons (Fsp3) is 1.00. The van der Waals surface area contributed by atoms with E-state index in [0.29, 0.717) is 0 Å². The summed E-state index contributed by atoms with van der Waals surface area (Å²) in [6.45, 7) is 3.84. The Morgan fingerprint density at radius 3 is 2.23 bits per heavy atom. The van der Waals surface area contributed by atoms with Crippen LogP contribution in [0, 0.1) is 23.7 Å². The maximum atomic E-state index is 5.78. The maximum Gasteiger partial charge on any atom is 0.0351 e. The highest BCUT2D eigenvalue weighted by atomic mass is 35.5. The van der Waals surface area contributed by atoms with Gasteiger partial charge >= 0.3 is 0 Å². The molecule has 2 heteroatoms. The molecule has 0 radical (unpaired) electrons. The molecule has 0 aromatic rings. The van der Waals surface area contributed by atoms with Gasteiger partial charge in [-0.3, -0.25) is 0 Å². The van der Waals surface area contributed by atoms with Crippen LogP contribution in [0.2, 0.25) is 0 Å². The van der Waals surface area contributed by atoms with Crippen LogP contribution in [0.3, 0.4) is 0 Å². The van der Waals surface area contributed by atoms with Gasteiger partial charge in [-0.05, 0) is 42.9 Å². The molecule has 2 aliphatic carbocycles. The summed E-state index contributed by atoms with van der Waals surface area (Å²) in [4.78, 5) is 2.59. The molecule has 3 rings (SSSR count). The molecule has 2 saturated carbocycles. The topological polar surface area (TPSA) is 3.24 Å². The van der Waals surface area contributed by atoms with Gasteiger partial charge < -0.3 is 4.90 Å². The van der Waals surface area contributed by atoms with Crippen molar-refractivity contribution in [3.63, 3.8) is 0 Å². The Morgan fingerprint density at radius 1 is 1.08 bits per heavy atom. The van der Waals surface area contributed by atoms with Crippen molar-refractivity contribution < 1.29 is 0 Å². The quantitative estimate of drug-likeness (QED) is 0.617. The molecule has 0 amide bonds. The van der Waals surface area contributed by atoms with Crippen molar-refractivity contribution in [3.8, 4) is 0 Å². The molecular weight excluding hydrogens is 182 g/mol. The van der Waals surface area contributed by atoms with Crippen LogP contribution in [0.5, 0.6) is 0 Å². The smallest absolute Gasteiger partial charge is 0.0351 e. The van der Waals surface area contributed by atoms with E-state index in [4.69, 9.17) is 11.6 Å². The van der Waals surface area contributed by atoms with E-state index in [1.165, 1.54) is 25.9 Å². The van der Waals surface area contributed by atoms with E-state index in [2.05, 4.69) is 4.90 Å². The van der Waals surface area contributed by atoms with Crippen LogP contribution in [0.25, 0.3) is 0 Å². The molecule has 0 aromatic heterocycles. The molecule has 3 aliphatic rings. The first-order valence-electron chi connectivity index (χ1n) is 5.67. The largest absolute Gasteiger partial charge is 0.302 e. The van der Waals surface area contributed by atoms with Gasteiger partial charge in [-0.15, -0.1) is 11.6 Å². The summed E-state index contributed by atoms with van der Waals surface area (Å²) < 4.78 is 0. The first kappa shape index (κ1) is 8.55. The second-order valence-corrected chi connectivity index (χ2v) is 5.49. The van der Waals surface area contributed by atoms with Crippen molar-refractivity contribution in [2.75, 3.05) is 25.5 Å². The van der Waals surface area contributed by atoms with Crippen LogP contribution in [0.4, 0.5) is 0 Å². The fourth-order valence-electron chi connectivity index (χ4n) is 4.07. The molecule has 13 heavy (non-hydrogen) atoms. The van der Waals surface area contributed by atoms with Gasteiger partial charge in [-0.2, -0.15) is 0 Å². The van der Waals surface area contributed by atoms with Crippen molar-refractivity contribution in [3.05, 3.63) is 0 Å². The van der Waals surface area contributed by atoms with Crippen LogP contribution in [-0.2, 0) is 0 Å². The van der Waals surface area contributed by atoms with Crippen LogP contribution in [0.15, 0.2) is 0 Å². The van der Waals surface area contributed by atoms with E-state index in [1.807, 2.05) is 0 Å². The van der Waals surface area contributed by atoms with E-state index in [0.717, 1.165) is 36.1 Å². The average Bonchev–Trinajstić information content (AvgIpc) is 2.72. The summed E-state index contributed by atoms with van der Waals surface area (Å²) in [5.41, 5.74) is 0. The van der Waals surface area contributed by atoms with E-state index in [1.54, 1.807) is 6.42 Å². The van der Waals surface area contributed by atoms with Gasteiger partial charge in [0.25, 0.3) is 0 Å². The SMILES string of the molecule is ClCCN1C[C@@H]2[C@@H]3CC[C@@H](C3)[C@H]2C1. The first-order valence-corrected chi connectivity index (χ1v) is 6.20. The fourth-order valence-corrected chi connectivity index (χ4v) is 4.31. The molecule has 2 bridgehead atoms. The van der Waals surface area contributed by atoms with Crippen molar-refractivity contribution in [1.29, 1.82) is 0 Å². The Morgan fingerprint density at radius 2 is 1.69 bits per heavy atom. The standard InChI is InChI=1S/C11H18ClN/c12-3-4-13-6-10-8-1-2-9(5-8)11(10)7-13/h8-11H,1-7H2/t8-,9+,10-,11-/m1/s1. The third kappa shape index (κ3) is 1.24. The second kappa shape index (κ2) is 3.13. The maximum absolute atomic E-state index is 5.78. The number of likely N-dealkylation sites (tertiary alicyclic amines) is 1. The van der Waals surface area contributed by atoms with E-state index in [9.17, 15) is 0 Å². The monoisotopic (exact) mass is 199 g/mol. The van der Waals surface area contributed by atoms with Gasteiger partial charge in [-0.1, -0.05) is 0 Å². The van der Waals surface area contributed by atoms with Crippen molar-refractivity contribution in [1.82, 2.24) is 4.90 Å². The van der Waals surface area contributed by atoms with Gasteiger partial charge in [0.1, 0.15) is 0 Å². The molecule has 0 N–H and O–H groups in total. The number of hydrogen-bond acceptors (Lipinski definition) is 1. The highest BCUT2D eigenvalue weighted by Gasteiger charge is 2.51. The van der Waals surface area contributed by atoms with Crippen molar-refractivity contribution in [2.45, 2.75) is 19.3 Å². The van der Waals surface area contributed by atoms with Gasteiger partial charge in [0.2, 0.25) is 0 Å². The van der Waals surface area contributed by atoms with Crippen molar-refractivity contribution in [2.24, 2.45) is 23.7 Å². The third-order valence-corrected chi connectivity index (χ3v) is 4.78. The van der Waals surface area contributed by atoms with Crippen LogP contribution >= 0.6 is 11.6 Å². The summed E-state index contributed by atoms with van der Waals surface area (Å²) >= 11 is 5.78. The summed E-state index contributed by atoms with van der Waals surface area (Å²) in [5.74, 6) is 5.11. The van der Waals surface area contributed by atoms with E-state index >= 15 is 0 Å². The highest BCUT2D eigenvalue weighted by Crippen LogP contribution is 2.54. The summed E-state index contributed by atoms with van der Waals surface area (Å²) in [6.07, 6.45) is 4.62. The average molecular weight is 200 g/mol. The predicted molar refractivity (Wildman–Crippen MR) is 55.0 cm³/mol. The first-order chi connectivity index (χ1) is 6.38. The number of rotatable bonds is 2. The Balaban J connectivity index is 1.69. The molecule has 4 atom stereocenters. The Bertz CT molecular complexity index is 188. The van der Waals surface area contributed by atoms with Gasteiger partial charge in [-0.25, -0.2) is 0 Å². The molecule has 3 fully saturated rings. The normalized spacial score (nSPS) is 48.7. The van der Waals surface area contributed by atoms with Crippen LogP contribution in [-0.4, -0.2) is 30.4 Å². The van der Waals surface area contributed by atoms with Gasteiger partial charge in [0, 0.05) is 25.5 Å². The molecule has 1 nitrogen and oxygen atoms in total. The van der Waals surface area contributed by atoms with Gasteiger partial charge in [0.05, 0.1) is 0 Å². The second-order valence-electron chi connectivity index (χ2n) is 5.11. The highest BCUT2D eigenvalue weighted by molar-refractivity contribution is 6.18. The summed E-state index contributed by atoms with van der Waals surface area (Å²) in [7, 11) is 0. The Kier molecular flexibility index (Phi) is 2.06. The lowest BCUT2D eigenvalue weighted by Gasteiger charge is -2.22. The number of halogens is 1. The zero-order chi connectivity index (χ0) is 8.84. The van der Waals surface area contributed by atoms with E-state index < -0.39 is 0 Å². The molecule has 0 spiro atoms. The lowest BCUT2D eigenvalue weighted by molar-refractivity contribution is 0.281. The Hall–Kier alpha value is 0.250.